The molecule has 0 amide bonds. The number of fused-ring (bicyclic) bond motifs is 4. The lowest BCUT2D eigenvalue weighted by Crippen LogP contribution is -2.30. The Balaban J connectivity index is 1.52. The number of benzene rings is 1. The first-order valence-electron chi connectivity index (χ1n) is 11.0. The number of ketones is 1. The number of aromatic amines is 1. The van der Waals surface area contributed by atoms with E-state index in [0.717, 1.165) is 54.1 Å². The monoisotopic (exact) mass is 507 g/mol. The van der Waals surface area contributed by atoms with Gasteiger partial charge in [0.05, 0.1) is 23.3 Å². The highest BCUT2D eigenvalue weighted by molar-refractivity contribution is 9.10. The standard InChI is InChI=1S/C24H22BrN5O3/c1-11-5-18-17(8-15(11)21(31)20-14-3-4-26-22(14)27-9-16(20)25)29-24(32)19-10-28-23(30(18)19)12-6-13(7-12)33-2/h5,8-10,12-13H,3-4,6-7H2,1-2H3,(H,26,27)(H,29,32). The fourth-order valence-corrected chi connectivity index (χ4v) is 5.57. The molecule has 8 nitrogen and oxygen atoms in total. The van der Waals surface area contributed by atoms with E-state index in [1.807, 2.05) is 17.4 Å². The van der Waals surface area contributed by atoms with Gasteiger partial charge in [-0.15, -0.1) is 0 Å². The summed E-state index contributed by atoms with van der Waals surface area (Å²) >= 11 is 3.52. The highest BCUT2D eigenvalue weighted by Crippen LogP contribution is 2.39. The van der Waals surface area contributed by atoms with Crippen LogP contribution in [0.5, 0.6) is 0 Å². The van der Waals surface area contributed by atoms with Crippen molar-refractivity contribution in [3.63, 3.8) is 0 Å². The summed E-state index contributed by atoms with van der Waals surface area (Å²) in [5, 5.41) is 3.23. The molecule has 2 aliphatic rings. The number of carbonyl (C=O) groups is 1. The lowest BCUT2D eigenvalue weighted by Gasteiger charge is -2.33. The molecule has 0 spiro atoms. The molecule has 1 aliphatic carbocycles. The third kappa shape index (κ3) is 3.06. The number of nitrogens with one attached hydrogen (secondary N) is 2. The molecular formula is C24H22BrN5O3. The van der Waals surface area contributed by atoms with E-state index in [9.17, 15) is 9.59 Å². The minimum absolute atomic E-state index is 0.0858. The summed E-state index contributed by atoms with van der Waals surface area (Å²) in [6.07, 6.45) is 6.04. The second-order valence-corrected chi connectivity index (χ2v) is 9.67. The number of aryl methyl sites for hydroxylation is 1. The van der Waals surface area contributed by atoms with Crippen LogP contribution in [-0.2, 0) is 11.2 Å². The van der Waals surface area contributed by atoms with Crippen LogP contribution in [0.1, 0.15) is 51.6 Å². The van der Waals surface area contributed by atoms with Gasteiger partial charge in [0.15, 0.2) is 5.78 Å². The Bertz CT molecular complexity index is 1520. The smallest absolute Gasteiger partial charge is 0.274 e. The van der Waals surface area contributed by atoms with E-state index in [-0.39, 0.29) is 23.4 Å². The van der Waals surface area contributed by atoms with Crippen molar-refractivity contribution in [1.82, 2.24) is 19.4 Å². The van der Waals surface area contributed by atoms with Crippen LogP contribution in [0.4, 0.5) is 5.82 Å². The quantitative estimate of drug-likeness (QED) is 0.408. The molecule has 0 atom stereocenters. The number of methoxy groups -OCH3 is 1. The van der Waals surface area contributed by atoms with Gasteiger partial charge in [-0.25, -0.2) is 9.97 Å². The molecule has 1 aromatic carbocycles. The van der Waals surface area contributed by atoms with Crippen molar-refractivity contribution >= 4 is 44.1 Å². The van der Waals surface area contributed by atoms with E-state index in [1.165, 1.54) is 0 Å². The van der Waals surface area contributed by atoms with Crippen LogP contribution in [0, 0.1) is 6.92 Å². The number of H-pyrrole nitrogens is 1. The largest absolute Gasteiger partial charge is 0.381 e. The SMILES string of the molecule is COC1CC(c2ncc3c(=O)[nH]c4cc(C(=O)c5c(Br)cnc6c5CCN6)c(C)cc4n23)C1. The molecular weight excluding hydrogens is 486 g/mol. The van der Waals surface area contributed by atoms with E-state index in [2.05, 4.69) is 36.2 Å². The highest BCUT2D eigenvalue weighted by Gasteiger charge is 2.34. The Kier molecular flexibility index (Phi) is 4.67. The van der Waals surface area contributed by atoms with Crippen LogP contribution in [0.25, 0.3) is 16.6 Å². The molecule has 1 saturated carbocycles. The van der Waals surface area contributed by atoms with Crippen molar-refractivity contribution in [3.8, 4) is 0 Å². The number of nitrogens with zero attached hydrogens (tertiary/aromatic N) is 3. The second kappa shape index (κ2) is 7.50. The topological polar surface area (TPSA) is 101 Å². The number of imidazole rings is 1. The van der Waals surface area contributed by atoms with Crippen molar-refractivity contribution < 1.29 is 9.53 Å². The van der Waals surface area contributed by atoms with Crippen molar-refractivity contribution in [3.05, 3.63) is 67.4 Å². The summed E-state index contributed by atoms with van der Waals surface area (Å²) in [5.74, 6) is 1.78. The van der Waals surface area contributed by atoms with E-state index in [0.29, 0.717) is 26.6 Å². The van der Waals surface area contributed by atoms with Crippen LogP contribution in [0.2, 0.25) is 0 Å². The van der Waals surface area contributed by atoms with Gasteiger partial charge in [-0.2, -0.15) is 0 Å². The normalized spacial score (nSPS) is 19.5. The number of hydrogen-bond acceptors (Lipinski definition) is 6. The van der Waals surface area contributed by atoms with Crippen LogP contribution in [0.3, 0.4) is 0 Å². The fraction of sp³-hybridized carbons (Fsp3) is 0.333. The molecule has 6 rings (SSSR count). The van der Waals surface area contributed by atoms with Crippen molar-refractivity contribution in [2.24, 2.45) is 0 Å². The molecule has 1 aliphatic heterocycles. The number of pyridine rings is 1. The predicted octanol–water partition coefficient (Wildman–Crippen LogP) is 3.73. The molecule has 0 unspecified atom stereocenters. The number of halogens is 1. The van der Waals surface area contributed by atoms with Gasteiger partial charge >= 0.3 is 0 Å². The Morgan fingerprint density at radius 2 is 2.03 bits per heavy atom. The summed E-state index contributed by atoms with van der Waals surface area (Å²) in [5.41, 5.74) is 4.69. The first kappa shape index (κ1) is 20.6. The summed E-state index contributed by atoms with van der Waals surface area (Å²) in [4.78, 5) is 38.4. The van der Waals surface area contributed by atoms with Crippen LogP contribution >= 0.6 is 15.9 Å². The molecule has 4 aromatic rings. The highest BCUT2D eigenvalue weighted by atomic mass is 79.9. The number of ether oxygens (including phenoxy) is 1. The molecule has 0 radical (unpaired) electrons. The van der Waals surface area contributed by atoms with Crippen molar-refractivity contribution in [2.75, 3.05) is 19.0 Å². The summed E-state index contributed by atoms with van der Waals surface area (Å²) in [7, 11) is 1.72. The molecule has 9 heteroatoms. The van der Waals surface area contributed by atoms with E-state index in [4.69, 9.17) is 4.74 Å². The molecule has 168 valence electrons. The maximum absolute atomic E-state index is 13.7. The first-order valence-corrected chi connectivity index (χ1v) is 11.8. The Morgan fingerprint density at radius 3 is 2.82 bits per heavy atom. The lowest BCUT2D eigenvalue weighted by molar-refractivity contribution is 0.0236. The Morgan fingerprint density at radius 1 is 1.21 bits per heavy atom. The van der Waals surface area contributed by atoms with Crippen LogP contribution in [0.15, 0.2) is 33.8 Å². The van der Waals surface area contributed by atoms with Crippen molar-refractivity contribution in [1.29, 1.82) is 0 Å². The molecule has 0 bridgehead atoms. The molecule has 0 saturated heterocycles. The van der Waals surface area contributed by atoms with Crippen LogP contribution in [-0.4, -0.2) is 44.9 Å². The molecule has 33 heavy (non-hydrogen) atoms. The molecule has 4 heterocycles. The van der Waals surface area contributed by atoms with Gasteiger partial charge in [0.25, 0.3) is 5.56 Å². The number of carbonyl (C=O) groups excluding carboxylic acids is 1. The van der Waals surface area contributed by atoms with Crippen LogP contribution < -0.4 is 10.9 Å². The zero-order valence-electron chi connectivity index (χ0n) is 18.2. The van der Waals surface area contributed by atoms with Gasteiger partial charge in [-0.1, -0.05) is 0 Å². The van der Waals surface area contributed by atoms with E-state index < -0.39 is 0 Å². The fourth-order valence-electron chi connectivity index (χ4n) is 5.05. The number of rotatable bonds is 4. The summed E-state index contributed by atoms with van der Waals surface area (Å²) in [6.45, 7) is 2.69. The lowest BCUT2D eigenvalue weighted by atomic mass is 9.81. The first-order chi connectivity index (χ1) is 16.0. The van der Waals surface area contributed by atoms with Gasteiger partial charge in [0, 0.05) is 46.9 Å². The average molecular weight is 508 g/mol. The Labute approximate surface area is 197 Å². The van der Waals surface area contributed by atoms with Crippen molar-refractivity contribution in [2.45, 2.75) is 38.2 Å². The van der Waals surface area contributed by atoms with Gasteiger partial charge in [0.2, 0.25) is 0 Å². The molecule has 1 fully saturated rings. The Hall–Kier alpha value is -3.04. The molecule has 3 aromatic heterocycles. The van der Waals surface area contributed by atoms with Gasteiger partial charge in [-0.05, 0) is 59.8 Å². The zero-order valence-corrected chi connectivity index (χ0v) is 19.8. The minimum atomic E-state index is -0.221. The number of aromatic nitrogens is 4. The van der Waals surface area contributed by atoms with Gasteiger partial charge in [0.1, 0.15) is 17.2 Å². The van der Waals surface area contributed by atoms with Gasteiger partial charge < -0.3 is 15.0 Å². The van der Waals surface area contributed by atoms with E-state index in [1.54, 1.807) is 25.6 Å². The molecule has 2 N–H and O–H groups in total. The summed E-state index contributed by atoms with van der Waals surface area (Å²) in [6, 6.07) is 3.76. The zero-order chi connectivity index (χ0) is 22.9. The summed E-state index contributed by atoms with van der Waals surface area (Å²) < 4.78 is 8.04. The minimum Gasteiger partial charge on any atom is -0.381 e. The second-order valence-electron chi connectivity index (χ2n) is 8.82. The van der Waals surface area contributed by atoms with E-state index >= 15 is 0 Å². The van der Waals surface area contributed by atoms with Gasteiger partial charge in [-0.3, -0.25) is 14.0 Å². The number of anilines is 1. The maximum Gasteiger partial charge on any atom is 0.274 e. The third-order valence-electron chi connectivity index (χ3n) is 6.92. The third-order valence-corrected chi connectivity index (χ3v) is 7.52. The predicted molar refractivity (Wildman–Crippen MR) is 128 cm³/mol. The average Bonchev–Trinajstić information content (AvgIpc) is 3.41. The maximum atomic E-state index is 13.7. The number of hydrogen-bond donors (Lipinski definition) is 2.